The summed E-state index contributed by atoms with van der Waals surface area (Å²) in [5.41, 5.74) is 6.27. The lowest BCUT2D eigenvalue weighted by molar-refractivity contribution is 0.207. The van der Waals surface area contributed by atoms with Gasteiger partial charge in [0, 0.05) is 62.3 Å². The van der Waals surface area contributed by atoms with Crippen molar-refractivity contribution in [3.05, 3.63) is 77.9 Å². The van der Waals surface area contributed by atoms with Crippen LogP contribution in [0.5, 0.6) is 17.4 Å². The summed E-state index contributed by atoms with van der Waals surface area (Å²) in [5, 5.41) is 3.30. The van der Waals surface area contributed by atoms with E-state index in [1.165, 1.54) is 10.6 Å². The van der Waals surface area contributed by atoms with Crippen LogP contribution >= 0.6 is 0 Å². The largest absolute Gasteiger partial charge is 0.497 e. The van der Waals surface area contributed by atoms with E-state index >= 15 is 0 Å². The van der Waals surface area contributed by atoms with Gasteiger partial charge in [-0.15, -0.1) is 0 Å². The number of piperazine rings is 1. The summed E-state index contributed by atoms with van der Waals surface area (Å²) >= 11 is 0. The number of hydrogen-bond acceptors (Lipinski definition) is 9. The molecule has 1 saturated heterocycles. The molecule has 1 aliphatic rings. The van der Waals surface area contributed by atoms with E-state index in [0.717, 1.165) is 48.6 Å². The van der Waals surface area contributed by atoms with Crippen LogP contribution in [-0.2, 0) is 0 Å². The molecule has 3 aromatic carbocycles. The molecular weight excluding hydrogens is 544 g/mol. The quantitative estimate of drug-likeness (QED) is 0.272. The number of amides is 1. The van der Waals surface area contributed by atoms with E-state index in [0.29, 0.717) is 28.8 Å². The zero-order valence-corrected chi connectivity index (χ0v) is 25.5. The maximum Gasteiger partial charge on any atom is 0.420 e. The number of ether oxygens (including phenoxy) is 3. The van der Waals surface area contributed by atoms with E-state index in [1.807, 2.05) is 31.2 Å². The summed E-state index contributed by atoms with van der Waals surface area (Å²) in [4.78, 5) is 28.8. The summed E-state index contributed by atoms with van der Waals surface area (Å²) in [6, 6.07) is 21.1. The fraction of sp³-hybridized carbons (Fsp3) is 0.303. The third kappa shape index (κ3) is 6.81. The van der Waals surface area contributed by atoms with Crippen LogP contribution < -0.4 is 29.3 Å². The van der Waals surface area contributed by atoms with Gasteiger partial charge in [-0.1, -0.05) is 18.2 Å². The van der Waals surface area contributed by atoms with Crippen LogP contribution in [0.15, 0.2) is 66.7 Å². The van der Waals surface area contributed by atoms with Gasteiger partial charge in [0.1, 0.15) is 11.5 Å². The number of aryl methyl sites for hydroxylation is 1. The molecule has 0 saturated carbocycles. The zero-order valence-electron chi connectivity index (χ0n) is 25.5. The summed E-state index contributed by atoms with van der Waals surface area (Å²) in [5.74, 6) is 1.51. The van der Waals surface area contributed by atoms with Crippen LogP contribution in [0.4, 0.5) is 27.8 Å². The highest BCUT2D eigenvalue weighted by Gasteiger charge is 2.21. The Morgan fingerprint density at radius 1 is 0.907 bits per heavy atom. The van der Waals surface area contributed by atoms with Crippen LogP contribution in [0.3, 0.4) is 0 Å². The third-order valence-electron chi connectivity index (χ3n) is 7.79. The Bertz CT molecular complexity index is 1590. The molecule has 1 aromatic heterocycles. The molecule has 1 aliphatic heterocycles. The van der Waals surface area contributed by atoms with Gasteiger partial charge in [0.25, 0.3) is 0 Å². The third-order valence-corrected chi connectivity index (χ3v) is 7.79. The number of nitrogens with zero attached hydrogens (tertiary/aromatic N) is 5. The summed E-state index contributed by atoms with van der Waals surface area (Å²) < 4.78 is 16.6. The maximum absolute atomic E-state index is 13.3. The first kappa shape index (κ1) is 29.7. The van der Waals surface area contributed by atoms with Crippen molar-refractivity contribution in [3.8, 4) is 28.6 Å². The zero-order chi connectivity index (χ0) is 30.5. The number of nitrogens with one attached hydrogen (secondary N) is 1. The molecule has 1 amide bonds. The standard InChI is InChI=1S/C33H38N6O4/c1-22-8-7-9-27(23(22)2)28-21-31(43-33(40)38(4)29-20-26(41-5)14-15-30(29)42-6)36-32(35-28)34-24-10-12-25(13-11-24)39-18-16-37(3)17-19-39/h7-15,20-21H,16-19H2,1-6H3,(H,34,35,36). The lowest BCUT2D eigenvalue weighted by Crippen LogP contribution is -2.44. The fourth-order valence-corrected chi connectivity index (χ4v) is 4.96. The minimum Gasteiger partial charge on any atom is -0.497 e. The Balaban J connectivity index is 1.43. The average molecular weight is 583 g/mol. The van der Waals surface area contributed by atoms with Gasteiger partial charge in [0.05, 0.1) is 25.6 Å². The molecule has 0 radical (unpaired) electrons. The SMILES string of the molecule is COc1ccc(OC)c(N(C)C(=O)Oc2cc(-c3cccc(C)c3C)nc(Nc3ccc(N4CCN(C)CC4)cc3)n2)c1. The van der Waals surface area contributed by atoms with Crippen LogP contribution in [-0.4, -0.2) is 75.5 Å². The molecule has 1 fully saturated rings. The van der Waals surface area contributed by atoms with E-state index in [1.54, 1.807) is 45.5 Å². The predicted molar refractivity (Wildman–Crippen MR) is 170 cm³/mol. The van der Waals surface area contributed by atoms with Crippen molar-refractivity contribution < 1.29 is 19.0 Å². The number of benzene rings is 3. The molecule has 1 N–H and O–H groups in total. The van der Waals surface area contributed by atoms with Crippen molar-refractivity contribution in [2.75, 3.05) is 69.6 Å². The van der Waals surface area contributed by atoms with Gasteiger partial charge in [0.15, 0.2) is 0 Å². The van der Waals surface area contributed by atoms with Crippen molar-refractivity contribution in [3.63, 3.8) is 0 Å². The molecule has 0 bridgehead atoms. The minimum absolute atomic E-state index is 0.112. The van der Waals surface area contributed by atoms with E-state index in [-0.39, 0.29) is 5.88 Å². The second-order valence-corrected chi connectivity index (χ2v) is 10.6. The van der Waals surface area contributed by atoms with Gasteiger partial charge in [-0.25, -0.2) is 9.78 Å². The molecular formula is C33H38N6O4. The Morgan fingerprint density at radius 2 is 1.65 bits per heavy atom. The van der Waals surface area contributed by atoms with Crippen LogP contribution in [0.25, 0.3) is 11.3 Å². The highest BCUT2D eigenvalue weighted by atomic mass is 16.6. The number of anilines is 4. The van der Waals surface area contributed by atoms with Crippen molar-refractivity contribution in [2.24, 2.45) is 0 Å². The number of likely N-dealkylation sites (N-methyl/N-ethyl adjacent to an activating group) is 1. The summed E-state index contributed by atoms with van der Waals surface area (Å²) in [6.45, 7) is 8.18. The Morgan fingerprint density at radius 3 is 2.35 bits per heavy atom. The first-order valence-electron chi connectivity index (χ1n) is 14.2. The van der Waals surface area contributed by atoms with E-state index in [2.05, 4.69) is 52.3 Å². The molecule has 5 rings (SSSR count). The molecule has 2 heterocycles. The number of rotatable bonds is 8. The molecule has 0 unspecified atom stereocenters. The molecule has 10 heteroatoms. The maximum atomic E-state index is 13.3. The molecule has 0 spiro atoms. The van der Waals surface area contributed by atoms with Crippen molar-refractivity contribution >= 4 is 29.1 Å². The van der Waals surface area contributed by atoms with Crippen molar-refractivity contribution in [1.29, 1.82) is 0 Å². The Labute approximate surface area is 252 Å². The first-order valence-corrected chi connectivity index (χ1v) is 14.2. The average Bonchev–Trinajstić information content (AvgIpc) is 3.02. The van der Waals surface area contributed by atoms with Gasteiger partial charge in [-0.3, -0.25) is 4.90 Å². The van der Waals surface area contributed by atoms with Gasteiger partial charge in [-0.05, 0) is 68.4 Å². The summed E-state index contributed by atoms with van der Waals surface area (Å²) in [6.07, 6.45) is -0.639. The number of hydrogen-bond donors (Lipinski definition) is 1. The van der Waals surface area contributed by atoms with E-state index in [9.17, 15) is 4.79 Å². The van der Waals surface area contributed by atoms with Gasteiger partial charge in [0.2, 0.25) is 11.8 Å². The van der Waals surface area contributed by atoms with Crippen molar-refractivity contribution in [2.45, 2.75) is 13.8 Å². The Hall–Kier alpha value is -4.83. The number of carbonyl (C=O) groups is 1. The number of carbonyl (C=O) groups excluding carboxylic acids is 1. The minimum atomic E-state index is -0.639. The van der Waals surface area contributed by atoms with Gasteiger partial charge < -0.3 is 29.3 Å². The highest BCUT2D eigenvalue weighted by molar-refractivity contribution is 5.90. The van der Waals surface area contributed by atoms with E-state index in [4.69, 9.17) is 19.2 Å². The molecule has 224 valence electrons. The number of methoxy groups -OCH3 is 2. The predicted octanol–water partition coefficient (Wildman–Crippen LogP) is 5.91. The second kappa shape index (κ2) is 13.0. The first-order chi connectivity index (χ1) is 20.7. The summed E-state index contributed by atoms with van der Waals surface area (Å²) in [7, 11) is 6.86. The van der Waals surface area contributed by atoms with Crippen LogP contribution in [0.1, 0.15) is 11.1 Å². The monoisotopic (exact) mass is 582 g/mol. The normalized spacial score (nSPS) is 13.4. The molecule has 4 aromatic rings. The molecule has 43 heavy (non-hydrogen) atoms. The number of aromatic nitrogens is 2. The lowest BCUT2D eigenvalue weighted by Gasteiger charge is -2.34. The van der Waals surface area contributed by atoms with Gasteiger partial charge in [-0.2, -0.15) is 4.98 Å². The molecule has 0 aliphatic carbocycles. The smallest absolute Gasteiger partial charge is 0.420 e. The topological polar surface area (TPSA) is 92.3 Å². The fourth-order valence-electron chi connectivity index (χ4n) is 4.96. The van der Waals surface area contributed by atoms with Crippen LogP contribution in [0.2, 0.25) is 0 Å². The second-order valence-electron chi connectivity index (χ2n) is 10.6. The molecule has 10 nitrogen and oxygen atoms in total. The molecule has 0 atom stereocenters. The lowest BCUT2D eigenvalue weighted by atomic mass is 10.0. The van der Waals surface area contributed by atoms with Crippen molar-refractivity contribution in [1.82, 2.24) is 14.9 Å². The van der Waals surface area contributed by atoms with E-state index < -0.39 is 6.09 Å². The van der Waals surface area contributed by atoms with Gasteiger partial charge >= 0.3 is 6.09 Å². The Kier molecular flexibility index (Phi) is 8.96. The van der Waals surface area contributed by atoms with Crippen LogP contribution in [0, 0.1) is 13.8 Å². The highest BCUT2D eigenvalue weighted by Crippen LogP contribution is 2.33.